The van der Waals surface area contributed by atoms with Gasteiger partial charge in [0.1, 0.15) is 0 Å². The maximum atomic E-state index is 11.7. The van der Waals surface area contributed by atoms with Gasteiger partial charge in [-0.3, -0.25) is 0 Å². The molecule has 19 heavy (non-hydrogen) atoms. The van der Waals surface area contributed by atoms with E-state index in [4.69, 9.17) is 5.73 Å². The zero-order chi connectivity index (χ0) is 14.0. The number of nitrogen functional groups attached to an aromatic ring is 1. The van der Waals surface area contributed by atoms with E-state index in [9.17, 15) is 8.42 Å². The largest absolute Gasteiger partial charge is 0.397 e. The molecule has 0 aromatic heterocycles. The highest BCUT2D eigenvalue weighted by atomic mass is 32.2. The second kappa shape index (κ2) is 5.38. The summed E-state index contributed by atoms with van der Waals surface area (Å²) in [6.07, 6.45) is 3.54. The molecule has 1 aliphatic rings. The Morgan fingerprint density at radius 2 is 2.11 bits per heavy atom. The number of anilines is 2. The van der Waals surface area contributed by atoms with Gasteiger partial charge in [0.05, 0.1) is 16.3 Å². The molecule has 1 aliphatic heterocycles. The summed E-state index contributed by atoms with van der Waals surface area (Å²) in [5.41, 5.74) is 7.48. The summed E-state index contributed by atoms with van der Waals surface area (Å²) in [6, 6.07) is 5.39. The number of nitrogens with zero attached hydrogens (tertiary/aromatic N) is 1. The van der Waals surface area contributed by atoms with Crippen LogP contribution < -0.4 is 15.4 Å². The number of benzene rings is 1. The van der Waals surface area contributed by atoms with Crippen LogP contribution in [0.3, 0.4) is 0 Å². The molecule has 5 nitrogen and oxygen atoms in total. The maximum absolute atomic E-state index is 11.7. The lowest BCUT2D eigenvalue weighted by Gasteiger charge is -2.36. The molecule has 0 radical (unpaired) electrons. The third kappa shape index (κ3) is 2.84. The minimum Gasteiger partial charge on any atom is -0.397 e. The summed E-state index contributed by atoms with van der Waals surface area (Å²) in [6.45, 7) is 3.15. The Hall–Kier alpha value is -1.27. The van der Waals surface area contributed by atoms with Crippen molar-refractivity contribution in [1.82, 2.24) is 4.72 Å². The van der Waals surface area contributed by atoms with Crippen LogP contribution in [0.25, 0.3) is 0 Å². The van der Waals surface area contributed by atoms with Crippen LogP contribution >= 0.6 is 0 Å². The minimum atomic E-state index is -3.43. The molecule has 1 atom stereocenters. The SMILES string of the molecule is CNS(=O)(=O)c1ccc(N2CCCCC2C)c(N)c1. The van der Waals surface area contributed by atoms with Crippen LogP contribution in [0.5, 0.6) is 0 Å². The molecule has 0 amide bonds. The van der Waals surface area contributed by atoms with Crippen LogP contribution in [-0.4, -0.2) is 28.1 Å². The molecule has 1 heterocycles. The molecule has 1 unspecified atom stereocenters. The van der Waals surface area contributed by atoms with Gasteiger partial charge in [0.2, 0.25) is 10.0 Å². The van der Waals surface area contributed by atoms with Gasteiger partial charge in [0, 0.05) is 12.6 Å². The number of hydrogen-bond acceptors (Lipinski definition) is 4. The molecule has 106 valence electrons. The lowest BCUT2D eigenvalue weighted by Crippen LogP contribution is -2.37. The van der Waals surface area contributed by atoms with Crippen molar-refractivity contribution in [2.24, 2.45) is 0 Å². The third-order valence-corrected chi connectivity index (χ3v) is 5.10. The summed E-state index contributed by atoms with van der Waals surface area (Å²) < 4.78 is 25.7. The summed E-state index contributed by atoms with van der Waals surface area (Å²) in [5.74, 6) is 0. The van der Waals surface area contributed by atoms with Crippen molar-refractivity contribution >= 4 is 21.4 Å². The van der Waals surface area contributed by atoms with Crippen molar-refractivity contribution in [3.63, 3.8) is 0 Å². The molecule has 1 aromatic rings. The standard InChI is InChI=1S/C13H21N3O2S/c1-10-5-3-4-8-16(10)13-7-6-11(9-12(13)14)19(17,18)15-2/h6-7,9-10,15H,3-5,8,14H2,1-2H3. The molecular formula is C13H21N3O2S. The molecule has 6 heteroatoms. The van der Waals surface area contributed by atoms with E-state index in [1.165, 1.54) is 19.5 Å². The Balaban J connectivity index is 2.34. The minimum absolute atomic E-state index is 0.209. The molecule has 2 rings (SSSR count). The van der Waals surface area contributed by atoms with Gasteiger partial charge in [-0.25, -0.2) is 13.1 Å². The quantitative estimate of drug-likeness (QED) is 0.825. The fourth-order valence-corrected chi connectivity index (χ4v) is 3.30. The molecule has 0 aliphatic carbocycles. The van der Waals surface area contributed by atoms with Gasteiger partial charge < -0.3 is 10.6 Å². The lowest BCUT2D eigenvalue weighted by molar-refractivity contribution is 0.485. The van der Waals surface area contributed by atoms with E-state index in [-0.39, 0.29) is 4.90 Å². The first kappa shape index (κ1) is 14.1. The van der Waals surface area contributed by atoms with Gasteiger partial charge in [0.15, 0.2) is 0 Å². The van der Waals surface area contributed by atoms with Crippen molar-refractivity contribution in [2.75, 3.05) is 24.2 Å². The predicted octanol–water partition coefficient (Wildman–Crippen LogP) is 1.56. The highest BCUT2D eigenvalue weighted by Gasteiger charge is 2.21. The Labute approximate surface area is 114 Å². The first-order valence-electron chi connectivity index (χ1n) is 6.55. The van der Waals surface area contributed by atoms with E-state index >= 15 is 0 Å². The number of rotatable bonds is 3. The molecule has 3 N–H and O–H groups in total. The Kier molecular flexibility index (Phi) is 4.01. The number of sulfonamides is 1. The highest BCUT2D eigenvalue weighted by molar-refractivity contribution is 7.89. The Morgan fingerprint density at radius 3 is 2.68 bits per heavy atom. The first-order valence-corrected chi connectivity index (χ1v) is 8.04. The van der Waals surface area contributed by atoms with Crippen molar-refractivity contribution in [3.05, 3.63) is 18.2 Å². The van der Waals surface area contributed by atoms with Crippen molar-refractivity contribution < 1.29 is 8.42 Å². The zero-order valence-corrected chi connectivity index (χ0v) is 12.2. The van der Waals surface area contributed by atoms with Gasteiger partial charge in [-0.05, 0) is 51.4 Å². The fraction of sp³-hybridized carbons (Fsp3) is 0.538. The summed E-state index contributed by atoms with van der Waals surface area (Å²) in [5, 5.41) is 0. The van der Waals surface area contributed by atoms with Gasteiger partial charge in [-0.15, -0.1) is 0 Å². The smallest absolute Gasteiger partial charge is 0.240 e. The van der Waals surface area contributed by atoms with Gasteiger partial charge in [0.25, 0.3) is 0 Å². The molecule has 0 saturated carbocycles. The van der Waals surface area contributed by atoms with Gasteiger partial charge >= 0.3 is 0 Å². The summed E-state index contributed by atoms with van der Waals surface area (Å²) in [7, 11) is -2.04. The molecule has 1 saturated heterocycles. The number of nitrogens with two attached hydrogens (primary N) is 1. The zero-order valence-electron chi connectivity index (χ0n) is 11.4. The first-order chi connectivity index (χ1) is 8.95. The fourth-order valence-electron chi connectivity index (χ4n) is 2.54. The molecule has 0 bridgehead atoms. The van der Waals surface area contributed by atoms with E-state index in [1.54, 1.807) is 12.1 Å². The third-order valence-electron chi connectivity index (χ3n) is 3.69. The van der Waals surface area contributed by atoms with E-state index in [1.807, 2.05) is 0 Å². The summed E-state index contributed by atoms with van der Waals surface area (Å²) in [4.78, 5) is 2.47. The Morgan fingerprint density at radius 1 is 1.37 bits per heavy atom. The second-order valence-electron chi connectivity index (χ2n) is 4.97. The van der Waals surface area contributed by atoms with E-state index in [2.05, 4.69) is 16.5 Å². The highest BCUT2D eigenvalue weighted by Crippen LogP contribution is 2.31. The van der Waals surface area contributed by atoms with Gasteiger partial charge in [-0.1, -0.05) is 0 Å². The number of hydrogen-bond donors (Lipinski definition) is 2. The van der Waals surface area contributed by atoms with Crippen molar-refractivity contribution in [3.8, 4) is 0 Å². The van der Waals surface area contributed by atoms with Crippen molar-refractivity contribution in [2.45, 2.75) is 37.1 Å². The van der Waals surface area contributed by atoms with E-state index in [0.29, 0.717) is 11.7 Å². The van der Waals surface area contributed by atoms with Crippen LogP contribution in [0, 0.1) is 0 Å². The second-order valence-corrected chi connectivity index (χ2v) is 6.85. The van der Waals surface area contributed by atoms with Crippen LogP contribution in [-0.2, 0) is 10.0 Å². The summed E-state index contributed by atoms with van der Waals surface area (Å²) >= 11 is 0. The Bertz CT molecular complexity index is 557. The van der Waals surface area contributed by atoms with Crippen molar-refractivity contribution in [1.29, 1.82) is 0 Å². The normalized spacial score (nSPS) is 20.5. The number of nitrogens with one attached hydrogen (secondary N) is 1. The molecule has 1 fully saturated rings. The molecular weight excluding hydrogens is 262 g/mol. The van der Waals surface area contributed by atoms with Crippen LogP contribution in [0.1, 0.15) is 26.2 Å². The average Bonchev–Trinajstić information content (AvgIpc) is 2.39. The maximum Gasteiger partial charge on any atom is 0.240 e. The van der Waals surface area contributed by atoms with E-state index in [0.717, 1.165) is 25.1 Å². The van der Waals surface area contributed by atoms with E-state index < -0.39 is 10.0 Å². The number of piperidine rings is 1. The lowest BCUT2D eigenvalue weighted by atomic mass is 10.0. The molecule has 0 spiro atoms. The van der Waals surface area contributed by atoms with Crippen LogP contribution in [0.4, 0.5) is 11.4 Å². The molecule has 1 aromatic carbocycles. The van der Waals surface area contributed by atoms with Crippen LogP contribution in [0.15, 0.2) is 23.1 Å². The topological polar surface area (TPSA) is 75.4 Å². The average molecular weight is 283 g/mol. The monoisotopic (exact) mass is 283 g/mol. The van der Waals surface area contributed by atoms with Crippen LogP contribution in [0.2, 0.25) is 0 Å². The van der Waals surface area contributed by atoms with Gasteiger partial charge in [-0.2, -0.15) is 0 Å². The predicted molar refractivity (Wildman–Crippen MR) is 77.8 cm³/mol.